The fourth-order valence-corrected chi connectivity index (χ4v) is 2.55. The molecule has 6 heteroatoms. The third-order valence-corrected chi connectivity index (χ3v) is 4.31. The Bertz CT molecular complexity index is 787. The summed E-state index contributed by atoms with van der Waals surface area (Å²) >= 11 is 0. The van der Waals surface area contributed by atoms with Crippen LogP contribution in [-0.2, 0) is 9.59 Å². The Hall–Kier alpha value is -2.73. The molecule has 0 radical (unpaired) electrons. The van der Waals surface area contributed by atoms with Crippen LogP contribution in [0.1, 0.15) is 18.1 Å². The summed E-state index contributed by atoms with van der Waals surface area (Å²) < 4.78 is 13.7. The van der Waals surface area contributed by atoms with Gasteiger partial charge in [0.2, 0.25) is 11.8 Å². The number of para-hydroxylation sites is 2. The van der Waals surface area contributed by atoms with Crippen LogP contribution in [0.25, 0.3) is 0 Å². The molecule has 0 aliphatic rings. The number of rotatable bonds is 6. The minimum Gasteiger partial charge on any atom is -0.324 e. The maximum absolute atomic E-state index is 13.7. The molecule has 0 bridgehead atoms. The minimum absolute atomic E-state index is 0.0413. The predicted molar refractivity (Wildman–Crippen MR) is 102 cm³/mol. The second kappa shape index (κ2) is 8.58. The van der Waals surface area contributed by atoms with Gasteiger partial charge in [-0.2, -0.15) is 0 Å². The molecule has 138 valence electrons. The second-order valence-corrected chi connectivity index (χ2v) is 6.38. The van der Waals surface area contributed by atoms with Crippen molar-refractivity contribution in [2.45, 2.75) is 26.8 Å². The number of carbonyl (C=O) groups excluding carboxylic acids is 2. The second-order valence-electron chi connectivity index (χ2n) is 6.38. The van der Waals surface area contributed by atoms with Crippen molar-refractivity contribution in [1.82, 2.24) is 4.90 Å². The van der Waals surface area contributed by atoms with E-state index in [4.69, 9.17) is 0 Å². The van der Waals surface area contributed by atoms with Crippen molar-refractivity contribution in [2.75, 3.05) is 24.2 Å². The van der Waals surface area contributed by atoms with Crippen LogP contribution in [-0.4, -0.2) is 36.3 Å². The van der Waals surface area contributed by atoms with Gasteiger partial charge in [-0.3, -0.25) is 14.5 Å². The van der Waals surface area contributed by atoms with Gasteiger partial charge in [-0.25, -0.2) is 4.39 Å². The molecular weight excluding hydrogens is 333 g/mol. The topological polar surface area (TPSA) is 61.4 Å². The number of halogens is 1. The number of aryl methyl sites for hydroxylation is 2. The Labute approximate surface area is 153 Å². The largest absolute Gasteiger partial charge is 0.324 e. The Morgan fingerprint density at radius 3 is 2.27 bits per heavy atom. The van der Waals surface area contributed by atoms with Gasteiger partial charge in [-0.05, 0) is 51.1 Å². The van der Waals surface area contributed by atoms with E-state index in [9.17, 15) is 14.0 Å². The van der Waals surface area contributed by atoms with E-state index in [2.05, 4.69) is 10.6 Å². The molecule has 0 fully saturated rings. The molecule has 2 N–H and O–H groups in total. The lowest BCUT2D eigenvalue weighted by Gasteiger charge is -2.23. The summed E-state index contributed by atoms with van der Waals surface area (Å²) in [6.07, 6.45) is 0. The van der Waals surface area contributed by atoms with E-state index in [-0.39, 0.29) is 24.0 Å². The average Bonchev–Trinajstić information content (AvgIpc) is 2.59. The zero-order chi connectivity index (χ0) is 19.3. The molecule has 26 heavy (non-hydrogen) atoms. The third-order valence-electron chi connectivity index (χ3n) is 4.31. The zero-order valence-electron chi connectivity index (χ0n) is 15.5. The molecule has 0 saturated heterocycles. The molecule has 0 aromatic heterocycles. The smallest absolute Gasteiger partial charge is 0.241 e. The molecule has 0 heterocycles. The van der Waals surface area contributed by atoms with Crippen LogP contribution >= 0.6 is 0 Å². The van der Waals surface area contributed by atoms with Gasteiger partial charge in [0.1, 0.15) is 5.82 Å². The van der Waals surface area contributed by atoms with Crippen LogP contribution < -0.4 is 10.6 Å². The maximum atomic E-state index is 13.7. The Morgan fingerprint density at radius 2 is 1.65 bits per heavy atom. The van der Waals surface area contributed by atoms with Crippen LogP contribution in [0.3, 0.4) is 0 Å². The lowest BCUT2D eigenvalue weighted by atomic mass is 10.1. The van der Waals surface area contributed by atoms with Gasteiger partial charge in [0.05, 0.1) is 18.3 Å². The van der Waals surface area contributed by atoms with E-state index in [1.54, 1.807) is 31.0 Å². The summed E-state index contributed by atoms with van der Waals surface area (Å²) in [6.45, 7) is 5.57. The first-order valence-electron chi connectivity index (χ1n) is 8.41. The lowest BCUT2D eigenvalue weighted by molar-refractivity contribution is -0.122. The Balaban J connectivity index is 1.95. The lowest BCUT2D eigenvalue weighted by Crippen LogP contribution is -2.43. The van der Waals surface area contributed by atoms with Crippen molar-refractivity contribution < 1.29 is 14.0 Å². The van der Waals surface area contributed by atoms with Crippen molar-refractivity contribution in [2.24, 2.45) is 0 Å². The van der Waals surface area contributed by atoms with Gasteiger partial charge in [0.25, 0.3) is 0 Å². The van der Waals surface area contributed by atoms with E-state index in [0.717, 1.165) is 16.8 Å². The summed E-state index contributed by atoms with van der Waals surface area (Å²) in [5.74, 6) is -1.09. The molecule has 2 amide bonds. The molecule has 2 aromatic rings. The van der Waals surface area contributed by atoms with Crippen molar-refractivity contribution in [1.29, 1.82) is 0 Å². The summed E-state index contributed by atoms with van der Waals surface area (Å²) in [5, 5.41) is 5.43. The number of carbonyl (C=O) groups is 2. The summed E-state index contributed by atoms with van der Waals surface area (Å²) in [6, 6.07) is 11.2. The number of hydrogen-bond donors (Lipinski definition) is 2. The van der Waals surface area contributed by atoms with Gasteiger partial charge in [0.15, 0.2) is 0 Å². The number of nitrogens with one attached hydrogen (secondary N) is 2. The first kappa shape index (κ1) is 19.6. The fraction of sp³-hybridized carbons (Fsp3) is 0.300. The molecule has 1 atom stereocenters. The van der Waals surface area contributed by atoms with Crippen molar-refractivity contribution in [3.05, 3.63) is 59.4 Å². The molecule has 2 aromatic carbocycles. The first-order valence-corrected chi connectivity index (χ1v) is 8.41. The van der Waals surface area contributed by atoms with Gasteiger partial charge < -0.3 is 10.6 Å². The molecule has 0 spiro atoms. The minimum atomic E-state index is -0.599. The van der Waals surface area contributed by atoms with Crippen molar-refractivity contribution in [3.8, 4) is 0 Å². The molecule has 5 nitrogen and oxygen atoms in total. The SMILES string of the molecule is Cc1cccc(C)c1NC(=O)CN(C)[C@@H](C)C(=O)Nc1ccccc1F. The Kier molecular flexibility index (Phi) is 6.46. The van der Waals surface area contributed by atoms with Crippen molar-refractivity contribution in [3.63, 3.8) is 0 Å². The molecule has 0 saturated carbocycles. The van der Waals surface area contributed by atoms with Crippen LogP contribution in [0.2, 0.25) is 0 Å². The number of benzene rings is 2. The monoisotopic (exact) mass is 357 g/mol. The predicted octanol–water partition coefficient (Wildman–Crippen LogP) is 3.34. The van der Waals surface area contributed by atoms with Crippen LogP contribution in [0.15, 0.2) is 42.5 Å². The highest BCUT2D eigenvalue weighted by atomic mass is 19.1. The van der Waals surface area contributed by atoms with E-state index < -0.39 is 11.9 Å². The van der Waals surface area contributed by atoms with Gasteiger partial charge in [-0.15, -0.1) is 0 Å². The van der Waals surface area contributed by atoms with Crippen LogP contribution in [0.4, 0.5) is 15.8 Å². The van der Waals surface area contributed by atoms with Crippen LogP contribution in [0.5, 0.6) is 0 Å². The van der Waals surface area contributed by atoms with Gasteiger partial charge in [-0.1, -0.05) is 30.3 Å². The molecular formula is C20H24FN3O2. The number of anilines is 2. The fourth-order valence-electron chi connectivity index (χ4n) is 2.55. The standard InChI is InChI=1S/C20H24FN3O2/c1-13-8-7-9-14(2)19(13)23-18(25)12-24(4)15(3)20(26)22-17-11-6-5-10-16(17)21/h5-11,15H,12H2,1-4H3,(H,22,26)(H,23,25)/t15-/m0/s1. The highest BCUT2D eigenvalue weighted by molar-refractivity contribution is 5.96. The average molecular weight is 357 g/mol. The first-order chi connectivity index (χ1) is 12.3. The highest BCUT2D eigenvalue weighted by Crippen LogP contribution is 2.19. The van der Waals surface area contributed by atoms with Gasteiger partial charge >= 0.3 is 0 Å². The van der Waals surface area contributed by atoms with E-state index in [1.807, 2.05) is 32.0 Å². The zero-order valence-corrected chi connectivity index (χ0v) is 15.5. The van der Waals surface area contributed by atoms with E-state index in [1.165, 1.54) is 12.1 Å². The summed E-state index contributed by atoms with van der Waals surface area (Å²) in [5.41, 5.74) is 2.87. The quantitative estimate of drug-likeness (QED) is 0.834. The molecule has 0 aliphatic heterocycles. The molecule has 0 aliphatic carbocycles. The number of likely N-dealkylation sites (N-methyl/N-ethyl adjacent to an activating group) is 1. The van der Waals surface area contributed by atoms with E-state index >= 15 is 0 Å². The summed E-state index contributed by atoms with van der Waals surface area (Å²) in [4.78, 5) is 26.2. The number of amides is 2. The normalized spacial score (nSPS) is 11.9. The Morgan fingerprint density at radius 1 is 1.04 bits per heavy atom. The van der Waals surface area contributed by atoms with E-state index in [0.29, 0.717) is 0 Å². The maximum Gasteiger partial charge on any atom is 0.241 e. The molecule has 0 unspecified atom stereocenters. The van der Waals surface area contributed by atoms with Crippen LogP contribution in [0, 0.1) is 19.7 Å². The molecule has 2 rings (SSSR count). The van der Waals surface area contributed by atoms with Crippen molar-refractivity contribution >= 4 is 23.2 Å². The highest BCUT2D eigenvalue weighted by Gasteiger charge is 2.21. The summed E-state index contributed by atoms with van der Waals surface area (Å²) in [7, 11) is 1.68. The number of hydrogen-bond acceptors (Lipinski definition) is 3. The number of nitrogens with zero attached hydrogens (tertiary/aromatic N) is 1. The van der Waals surface area contributed by atoms with Gasteiger partial charge in [0, 0.05) is 5.69 Å². The third kappa shape index (κ3) is 4.89.